The molecule has 0 aromatic heterocycles. The van der Waals surface area contributed by atoms with Gasteiger partial charge in [-0.2, -0.15) is 0 Å². The molecule has 0 unspecified atom stereocenters. The lowest BCUT2D eigenvalue weighted by atomic mass is 10.0. The minimum absolute atomic E-state index is 0.497. The van der Waals surface area contributed by atoms with Crippen LogP contribution in [0.1, 0.15) is 12.5 Å². The first-order chi connectivity index (χ1) is 11.2. The molecule has 3 nitrogen and oxygen atoms in total. The summed E-state index contributed by atoms with van der Waals surface area (Å²) in [7, 11) is 0.784. The first-order valence-electron chi connectivity index (χ1n) is 7.86. The average Bonchev–Trinajstić information content (AvgIpc) is 2.61. The molecule has 0 aliphatic heterocycles. The molecule has 0 amide bonds. The maximum Gasteiger partial charge on any atom is 0.500 e. The van der Waals surface area contributed by atoms with Gasteiger partial charge in [-0.15, -0.1) is 0 Å². The minimum atomic E-state index is -2.54. The Hall–Kier alpha value is -1.72. The van der Waals surface area contributed by atoms with Gasteiger partial charge in [0.1, 0.15) is 0 Å². The third-order valence-electron chi connectivity index (χ3n) is 4.34. The van der Waals surface area contributed by atoms with Crippen molar-refractivity contribution in [3.8, 4) is 0 Å². The predicted molar refractivity (Wildman–Crippen MR) is 96.5 cm³/mol. The van der Waals surface area contributed by atoms with E-state index in [2.05, 4.69) is 54.6 Å². The third-order valence-corrected chi connectivity index (χ3v) is 7.03. The summed E-state index contributed by atoms with van der Waals surface area (Å²) < 4.78 is 17.1. The highest BCUT2D eigenvalue weighted by Crippen LogP contribution is 2.27. The lowest BCUT2D eigenvalue weighted by molar-refractivity contribution is 0.0931. The molecule has 0 radical (unpaired) electrons. The molecular formula is C19H22O3Si. The molecule has 3 aromatic rings. The van der Waals surface area contributed by atoms with Gasteiger partial charge in [0, 0.05) is 20.3 Å². The fraction of sp³-hybridized carbons (Fsp3) is 0.263. The second-order valence-electron chi connectivity index (χ2n) is 5.57. The molecule has 0 atom stereocenters. The van der Waals surface area contributed by atoms with Gasteiger partial charge in [0.25, 0.3) is 0 Å². The smallest absolute Gasteiger partial charge is 0.377 e. The molecule has 3 aromatic carbocycles. The molecule has 0 heterocycles. The van der Waals surface area contributed by atoms with Crippen LogP contribution in [0, 0.1) is 0 Å². The summed E-state index contributed by atoms with van der Waals surface area (Å²) in [6.07, 6.45) is 0. The Morgan fingerprint density at radius 1 is 0.826 bits per heavy atom. The van der Waals surface area contributed by atoms with E-state index in [1.165, 1.54) is 21.5 Å². The first kappa shape index (κ1) is 16.1. The fourth-order valence-corrected chi connectivity index (χ4v) is 4.50. The molecule has 0 saturated carbocycles. The van der Waals surface area contributed by atoms with Crippen molar-refractivity contribution in [1.29, 1.82) is 0 Å². The summed E-state index contributed by atoms with van der Waals surface area (Å²) in [5.41, 5.74) is 1.16. The van der Waals surface area contributed by atoms with E-state index in [9.17, 15) is 0 Å². The van der Waals surface area contributed by atoms with Crippen LogP contribution in [0.5, 0.6) is 0 Å². The van der Waals surface area contributed by atoms with Crippen molar-refractivity contribution >= 4 is 30.3 Å². The van der Waals surface area contributed by atoms with E-state index >= 15 is 0 Å². The molecule has 23 heavy (non-hydrogen) atoms. The van der Waals surface area contributed by atoms with Gasteiger partial charge in [0.2, 0.25) is 0 Å². The molecule has 0 N–H and O–H groups in total. The van der Waals surface area contributed by atoms with Crippen molar-refractivity contribution in [2.24, 2.45) is 0 Å². The summed E-state index contributed by atoms with van der Waals surface area (Å²) in [4.78, 5) is 0. The zero-order valence-corrected chi connectivity index (χ0v) is 14.8. The maximum atomic E-state index is 6.08. The van der Waals surface area contributed by atoms with Gasteiger partial charge in [0.05, 0.1) is 6.61 Å². The summed E-state index contributed by atoms with van der Waals surface area (Å²) in [5.74, 6) is 0. The van der Waals surface area contributed by atoms with Gasteiger partial charge in [-0.25, -0.2) is 0 Å². The third kappa shape index (κ3) is 3.16. The van der Waals surface area contributed by atoms with Crippen LogP contribution < -0.4 is 0 Å². The van der Waals surface area contributed by atoms with E-state index in [1.807, 2.05) is 6.92 Å². The van der Waals surface area contributed by atoms with Crippen molar-refractivity contribution in [3.63, 3.8) is 0 Å². The van der Waals surface area contributed by atoms with E-state index in [0.29, 0.717) is 6.61 Å². The van der Waals surface area contributed by atoms with Gasteiger partial charge in [-0.3, -0.25) is 0 Å². The number of hydrogen-bond donors (Lipinski definition) is 0. The molecule has 0 bridgehead atoms. The second kappa shape index (κ2) is 6.80. The SMILES string of the molecule is CC[Si](OC)(OC)OCc1cccc2cc3ccccc3cc12. The normalized spacial score (nSPS) is 12.1. The van der Waals surface area contributed by atoms with Crippen molar-refractivity contribution in [3.05, 3.63) is 60.2 Å². The Kier molecular flexibility index (Phi) is 4.78. The molecule has 0 fully saturated rings. The summed E-state index contributed by atoms with van der Waals surface area (Å²) in [6.45, 7) is 2.53. The number of benzene rings is 3. The van der Waals surface area contributed by atoms with E-state index in [1.54, 1.807) is 14.2 Å². The van der Waals surface area contributed by atoms with Crippen LogP contribution in [0.4, 0.5) is 0 Å². The predicted octanol–water partition coefficient (Wildman–Crippen LogP) is 4.76. The largest absolute Gasteiger partial charge is 0.500 e. The average molecular weight is 326 g/mol. The van der Waals surface area contributed by atoms with Crippen LogP contribution in [0.15, 0.2) is 54.6 Å². The lowest BCUT2D eigenvalue weighted by Gasteiger charge is -2.25. The Bertz CT molecular complexity index is 804. The highest BCUT2D eigenvalue weighted by atomic mass is 28.4. The monoisotopic (exact) mass is 326 g/mol. The van der Waals surface area contributed by atoms with Gasteiger partial charge >= 0.3 is 8.80 Å². The number of fused-ring (bicyclic) bond motifs is 2. The Labute approximate surface area is 138 Å². The molecule has 120 valence electrons. The Balaban J connectivity index is 1.99. The van der Waals surface area contributed by atoms with E-state index in [4.69, 9.17) is 13.3 Å². The van der Waals surface area contributed by atoms with Gasteiger partial charge in [-0.05, 0) is 39.2 Å². The van der Waals surface area contributed by atoms with Crippen LogP contribution in [0.25, 0.3) is 21.5 Å². The number of rotatable bonds is 6. The standard InChI is InChI=1S/C19H22O3Si/c1-4-23(20-2,21-3)22-14-18-11-7-10-17-12-15-8-5-6-9-16(15)13-19(17)18/h5-13H,4,14H2,1-3H3. The number of hydrogen-bond acceptors (Lipinski definition) is 3. The van der Waals surface area contributed by atoms with Gasteiger partial charge in [-0.1, -0.05) is 49.4 Å². The quantitative estimate of drug-likeness (QED) is 0.483. The maximum absolute atomic E-state index is 6.08. The zero-order valence-electron chi connectivity index (χ0n) is 13.8. The molecule has 0 spiro atoms. The summed E-state index contributed by atoms with van der Waals surface area (Å²) >= 11 is 0. The topological polar surface area (TPSA) is 27.7 Å². The minimum Gasteiger partial charge on any atom is -0.377 e. The van der Waals surface area contributed by atoms with Gasteiger partial charge < -0.3 is 13.3 Å². The first-order valence-corrected chi connectivity index (χ1v) is 9.79. The van der Waals surface area contributed by atoms with E-state index < -0.39 is 8.80 Å². The second-order valence-corrected chi connectivity index (χ2v) is 8.75. The molecule has 3 rings (SSSR count). The van der Waals surface area contributed by atoms with Crippen molar-refractivity contribution in [2.75, 3.05) is 14.2 Å². The van der Waals surface area contributed by atoms with Crippen LogP contribution >= 0.6 is 0 Å². The van der Waals surface area contributed by atoms with E-state index in [-0.39, 0.29) is 0 Å². The zero-order chi connectivity index (χ0) is 16.3. The molecular weight excluding hydrogens is 304 g/mol. The van der Waals surface area contributed by atoms with Crippen molar-refractivity contribution in [2.45, 2.75) is 19.6 Å². The van der Waals surface area contributed by atoms with Gasteiger partial charge in [0.15, 0.2) is 0 Å². The molecule has 0 aliphatic rings. The Morgan fingerprint density at radius 2 is 1.48 bits per heavy atom. The molecule has 0 saturated heterocycles. The lowest BCUT2D eigenvalue weighted by Crippen LogP contribution is -2.42. The Morgan fingerprint density at radius 3 is 2.13 bits per heavy atom. The highest BCUT2D eigenvalue weighted by Gasteiger charge is 2.36. The van der Waals surface area contributed by atoms with Crippen LogP contribution in [-0.4, -0.2) is 23.0 Å². The summed E-state index contributed by atoms with van der Waals surface area (Å²) in [5, 5.41) is 4.94. The molecule has 0 aliphatic carbocycles. The fourth-order valence-electron chi connectivity index (χ4n) is 2.94. The van der Waals surface area contributed by atoms with Crippen LogP contribution in [0.3, 0.4) is 0 Å². The van der Waals surface area contributed by atoms with Crippen LogP contribution in [-0.2, 0) is 19.9 Å². The van der Waals surface area contributed by atoms with Crippen molar-refractivity contribution < 1.29 is 13.3 Å². The highest BCUT2D eigenvalue weighted by molar-refractivity contribution is 6.60. The summed E-state index contributed by atoms with van der Waals surface area (Å²) in [6, 6.07) is 20.0. The van der Waals surface area contributed by atoms with E-state index in [0.717, 1.165) is 11.6 Å². The van der Waals surface area contributed by atoms with Crippen LogP contribution in [0.2, 0.25) is 6.04 Å². The molecule has 4 heteroatoms. The van der Waals surface area contributed by atoms with Crippen molar-refractivity contribution in [1.82, 2.24) is 0 Å².